The van der Waals surface area contributed by atoms with E-state index >= 15 is 0 Å². The zero-order chi connectivity index (χ0) is 14.1. The quantitative estimate of drug-likeness (QED) is 0.808. The van der Waals surface area contributed by atoms with Gasteiger partial charge in [0.05, 0.1) is 5.92 Å². The molecule has 2 atom stereocenters. The number of carbonyl (C=O) groups excluding carboxylic acids is 1. The second-order valence-corrected chi connectivity index (χ2v) is 6.33. The summed E-state index contributed by atoms with van der Waals surface area (Å²) in [6.07, 6.45) is 0. The zero-order valence-electron chi connectivity index (χ0n) is 11.9. The normalized spacial score (nSPS) is 19.9. The van der Waals surface area contributed by atoms with Crippen LogP contribution < -0.4 is 5.32 Å². The Kier molecular flexibility index (Phi) is 4.24. The molecule has 1 saturated heterocycles. The summed E-state index contributed by atoms with van der Waals surface area (Å²) in [5.74, 6) is -1.09. The topological polar surface area (TPSA) is 69.6 Å². The van der Waals surface area contributed by atoms with Crippen LogP contribution in [0, 0.1) is 17.3 Å². The van der Waals surface area contributed by atoms with Gasteiger partial charge in [-0.3, -0.25) is 4.79 Å². The Bertz CT molecular complexity index is 330. The second kappa shape index (κ2) is 5.16. The molecule has 0 aliphatic carbocycles. The minimum absolute atomic E-state index is 0.0221. The van der Waals surface area contributed by atoms with Crippen molar-refractivity contribution in [1.82, 2.24) is 10.2 Å². The van der Waals surface area contributed by atoms with E-state index in [0.29, 0.717) is 13.1 Å². The maximum atomic E-state index is 11.9. The van der Waals surface area contributed by atoms with Gasteiger partial charge in [-0.2, -0.15) is 0 Å². The lowest BCUT2D eigenvalue weighted by Crippen LogP contribution is -2.58. The van der Waals surface area contributed by atoms with Crippen molar-refractivity contribution in [2.45, 2.75) is 40.7 Å². The highest BCUT2D eigenvalue weighted by Crippen LogP contribution is 2.25. The standard InChI is InChI=1S/C13H24N2O3/c1-8(11(16)17)10-6-15(7-10)12(18)14-9(2)13(3,4)5/h8-10H,6-7H2,1-5H3,(H,14,18)(H,16,17). The third-order valence-corrected chi connectivity index (χ3v) is 3.93. The summed E-state index contributed by atoms with van der Waals surface area (Å²) in [6, 6.07) is -0.00721. The van der Waals surface area contributed by atoms with Crippen molar-refractivity contribution < 1.29 is 14.7 Å². The number of hydrogen-bond donors (Lipinski definition) is 2. The number of carbonyl (C=O) groups is 2. The van der Waals surface area contributed by atoms with E-state index in [1.54, 1.807) is 11.8 Å². The number of carboxylic acids is 1. The van der Waals surface area contributed by atoms with E-state index in [9.17, 15) is 9.59 Å². The third-order valence-electron chi connectivity index (χ3n) is 3.93. The van der Waals surface area contributed by atoms with Crippen LogP contribution >= 0.6 is 0 Å². The number of rotatable bonds is 3. The summed E-state index contributed by atoms with van der Waals surface area (Å²) in [7, 11) is 0. The molecule has 5 nitrogen and oxygen atoms in total. The lowest BCUT2D eigenvalue weighted by molar-refractivity contribution is -0.144. The lowest BCUT2D eigenvalue weighted by atomic mass is 9.86. The first-order chi connectivity index (χ1) is 8.12. The van der Waals surface area contributed by atoms with Crippen LogP contribution in [0.3, 0.4) is 0 Å². The van der Waals surface area contributed by atoms with E-state index in [-0.39, 0.29) is 29.3 Å². The highest BCUT2D eigenvalue weighted by Gasteiger charge is 2.38. The molecule has 18 heavy (non-hydrogen) atoms. The van der Waals surface area contributed by atoms with Crippen LogP contribution in [0.4, 0.5) is 4.79 Å². The van der Waals surface area contributed by atoms with Crippen LogP contribution in [0.2, 0.25) is 0 Å². The van der Waals surface area contributed by atoms with Crippen LogP contribution in [0.15, 0.2) is 0 Å². The maximum Gasteiger partial charge on any atom is 0.317 e. The molecule has 0 aromatic heterocycles. The Labute approximate surface area is 109 Å². The average molecular weight is 256 g/mol. The van der Waals surface area contributed by atoms with Crippen LogP contribution in [0.5, 0.6) is 0 Å². The van der Waals surface area contributed by atoms with Gasteiger partial charge in [-0.25, -0.2) is 4.79 Å². The Morgan fingerprint density at radius 3 is 2.17 bits per heavy atom. The fraction of sp³-hybridized carbons (Fsp3) is 0.846. The monoisotopic (exact) mass is 256 g/mol. The van der Waals surface area contributed by atoms with Gasteiger partial charge in [-0.15, -0.1) is 0 Å². The largest absolute Gasteiger partial charge is 0.481 e. The fourth-order valence-electron chi connectivity index (χ4n) is 1.69. The molecule has 1 aliphatic rings. The molecule has 2 amide bonds. The first kappa shape index (κ1) is 14.8. The number of likely N-dealkylation sites (tertiary alicyclic amines) is 1. The number of nitrogens with zero attached hydrogens (tertiary/aromatic N) is 1. The predicted octanol–water partition coefficient (Wildman–Crippen LogP) is 1.78. The molecule has 1 rings (SSSR count). The summed E-state index contributed by atoms with van der Waals surface area (Å²) in [5, 5.41) is 11.8. The van der Waals surface area contributed by atoms with Gasteiger partial charge >= 0.3 is 12.0 Å². The van der Waals surface area contributed by atoms with Crippen molar-refractivity contribution in [2.24, 2.45) is 17.3 Å². The van der Waals surface area contributed by atoms with Gasteiger partial charge in [0.15, 0.2) is 0 Å². The van der Waals surface area contributed by atoms with Crippen molar-refractivity contribution >= 4 is 12.0 Å². The third kappa shape index (κ3) is 3.37. The molecule has 2 N–H and O–H groups in total. The van der Waals surface area contributed by atoms with E-state index in [4.69, 9.17) is 5.11 Å². The second-order valence-electron chi connectivity index (χ2n) is 6.33. The Hall–Kier alpha value is -1.26. The fourth-order valence-corrected chi connectivity index (χ4v) is 1.69. The van der Waals surface area contributed by atoms with Gasteiger partial charge in [0, 0.05) is 25.0 Å². The molecule has 1 heterocycles. The summed E-state index contributed by atoms with van der Waals surface area (Å²) in [4.78, 5) is 24.4. The first-order valence-corrected chi connectivity index (χ1v) is 6.41. The molecular weight excluding hydrogens is 232 g/mol. The Balaban J connectivity index is 2.38. The molecule has 0 aromatic rings. The number of amides is 2. The van der Waals surface area contributed by atoms with Gasteiger partial charge in [0.1, 0.15) is 0 Å². The summed E-state index contributed by atoms with van der Waals surface area (Å²) in [6.45, 7) is 11.0. The van der Waals surface area contributed by atoms with Crippen LogP contribution in [-0.4, -0.2) is 41.1 Å². The number of carboxylic acid groups (broad SMARTS) is 1. The molecule has 1 aliphatic heterocycles. The first-order valence-electron chi connectivity index (χ1n) is 6.41. The highest BCUT2D eigenvalue weighted by molar-refractivity contribution is 5.76. The minimum atomic E-state index is -0.789. The van der Waals surface area contributed by atoms with E-state index in [2.05, 4.69) is 26.1 Å². The number of urea groups is 1. The van der Waals surface area contributed by atoms with Crippen molar-refractivity contribution in [3.05, 3.63) is 0 Å². The molecule has 2 unspecified atom stereocenters. The van der Waals surface area contributed by atoms with Gasteiger partial charge < -0.3 is 15.3 Å². The molecular formula is C13H24N2O3. The maximum absolute atomic E-state index is 11.9. The molecule has 0 bridgehead atoms. The SMILES string of the molecule is CC(C(=O)O)C1CN(C(=O)NC(C)C(C)(C)C)C1. The molecule has 0 saturated carbocycles. The number of hydrogen-bond acceptors (Lipinski definition) is 2. The van der Waals surface area contributed by atoms with E-state index < -0.39 is 5.97 Å². The van der Waals surface area contributed by atoms with Crippen LogP contribution in [0.1, 0.15) is 34.6 Å². The summed E-state index contributed by atoms with van der Waals surface area (Å²) < 4.78 is 0. The summed E-state index contributed by atoms with van der Waals surface area (Å²) >= 11 is 0. The van der Waals surface area contributed by atoms with Gasteiger partial charge in [0.2, 0.25) is 0 Å². The molecule has 5 heteroatoms. The summed E-state index contributed by atoms with van der Waals surface area (Å²) in [5.41, 5.74) is 0.0221. The van der Waals surface area contributed by atoms with Crippen molar-refractivity contribution in [2.75, 3.05) is 13.1 Å². The van der Waals surface area contributed by atoms with Gasteiger partial charge in [-0.05, 0) is 12.3 Å². The molecule has 1 fully saturated rings. The smallest absolute Gasteiger partial charge is 0.317 e. The minimum Gasteiger partial charge on any atom is -0.481 e. The van der Waals surface area contributed by atoms with E-state index in [1.165, 1.54) is 0 Å². The Morgan fingerprint density at radius 1 is 1.28 bits per heavy atom. The van der Waals surface area contributed by atoms with Crippen molar-refractivity contribution in [3.8, 4) is 0 Å². The predicted molar refractivity (Wildman–Crippen MR) is 69.3 cm³/mol. The van der Waals surface area contributed by atoms with E-state index in [1.807, 2.05) is 6.92 Å². The number of aliphatic carboxylic acids is 1. The van der Waals surface area contributed by atoms with Crippen molar-refractivity contribution in [1.29, 1.82) is 0 Å². The zero-order valence-corrected chi connectivity index (χ0v) is 11.9. The molecule has 0 spiro atoms. The molecule has 0 aromatic carbocycles. The Morgan fingerprint density at radius 2 is 1.78 bits per heavy atom. The van der Waals surface area contributed by atoms with Crippen LogP contribution in [0.25, 0.3) is 0 Å². The van der Waals surface area contributed by atoms with Crippen molar-refractivity contribution in [3.63, 3.8) is 0 Å². The van der Waals surface area contributed by atoms with Gasteiger partial charge in [0.25, 0.3) is 0 Å². The highest BCUT2D eigenvalue weighted by atomic mass is 16.4. The average Bonchev–Trinajstić information content (AvgIpc) is 2.13. The lowest BCUT2D eigenvalue weighted by Gasteiger charge is -2.42. The molecule has 104 valence electrons. The number of nitrogens with one attached hydrogen (secondary N) is 1. The van der Waals surface area contributed by atoms with Crippen LogP contribution in [-0.2, 0) is 4.79 Å². The van der Waals surface area contributed by atoms with Gasteiger partial charge in [-0.1, -0.05) is 27.7 Å². The molecule has 0 radical (unpaired) electrons. The van der Waals surface area contributed by atoms with E-state index in [0.717, 1.165) is 0 Å².